The molecule has 24 heavy (non-hydrogen) atoms. The maximum Gasteiger partial charge on any atom is 0.348 e. The van der Waals surface area contributed by atoms with Gasteiger partial charge >= 0.3 is 5.69 Å². The maximum atomic E-state index is 12.3. The Labute approximate surface area is 154 Å². The normalized spacial score (nSPS) is 13.3. The average molecular weight is 385 g/mol. The highest BCUT2D eigenvalue weighted by molar-refractivity contribution is 7.98. The molecule has 1 aromatic carbocycles. The molecule has 0 unspecified atom stereocenters. The Morgan fingerprint density at radius 1 is 1.29 bits per heavy atom. The Hall–Kier alpha value is -1.01. The number of halogens is 2. The summed E-state index contributed by atoms with van der Waals surface area (Å²) in [6, 6.07) is 5.44. The smallest absolute Gasteiger partial charge is 0.348 e. The highest BCUT2D eigenvalue weighted by Gasteiger charge is 2.22. The number of benzene rings is 1. The molecule has 0 radical (unpaired) electrons. The first-order valence-electron chi connectivity index (χ1n) is 7.90. The number of hydrogen-bond donors (Lipinski definition) is 1. The second kappa shape index (κ2) is 7.91. The van der Waals surface area contributed by atoms with Crippen LogP contribution in [0.2, 0.25) is 10.0 Å². The molecular formula is C17H18Cl2N2O2S. The molecule has 1 aliphatic carbocycles. The predicted molar refractivity (Wildman–Crippen MR) is 98.2 cm³/mol. The summed E-state index contributed by atoms with van der Waals surface area (Å²) in [5.74, 6) is 0.648. The van der Waals surface area contributed by atoms with Crippen LogP contribution in [0.3, 0.4) is 0 Å². The summed E-state index contributed by atoms with van der Waals surface area (Å²) >= 11 is 13.7. The first-order chi connectivity index (χ1) is 11.6. The van der Waals surface area contributed by atoms with E-state index in [9.17, 15) is 4.79 Å². The fourth-order valence-corrected chi connectivity index (χ4v) is 4.59. The first-order valence-corrected chi connectivity index (χ1v) is 9.64. The van der Waals surface area contributed by atoms with Crippen LogP contribution in [-0.2, 0) is 25.1 Å². The number of fused-ring (bicyclic) bond motifs is 1. The lowest BCUT2D eigenvalue weighted by Gasteiger charge is -2.14. The third kappa shape index (κ3) is 3.80. The number of thioether (sulfide) groups is 1. The van der Waals surface area contributed by atoms with E-state index in [0.717, 1.165) is 35.5 Å². The van der Waals surface area contributed by atoms with Crippen molar-refractivity contribution in [1.29, 1.82) is 0 Å². The quantitative estimate of drug-likeness (QED) is 0.609. The molecule has 0 spiro atoms. The van der Waals surface area contributed by atoms with Crippen LogP contribution in [-0.4, -0.2) is 21.3 Å². The molecule has 7 heteroatoms. The van der Waals surface area contributed by atoms with Crippen LogP contribution in [0.15, 0.2) is 28.0 Å². The highest BCUT2D eigenvalue weighted by Crippen LogP contribution is 2.33. The predicted octanol–water partition coefficient (Wildman–Crippen LogP) is 3.71. The summed E-state index contributed by atoms with van der Waals surface area (Å²) in [5, 5.41) is 11.1. The molecule has 2 aromatic rings. The standard InChI is InChI=1S/C17H18Cl2N2O2S/c18-12-6-5-11(14(19)9-12)10-24-16-13-3-1-4-15(13)21(7-2-8-22)17(23)20-16/h5-6,9,22H,1-4,7-8,10H2. The van der Waals surface area contributed by atoms with Gasteiger partial charge < -0.3 is 5.11 Å². The number of hydrogen-bond acceptors (Lipinski definition) is 4. The van der Waals surface area contributed by atoms with Crippen LogP contribution in [0.25, 0.3) is 0 Å². The van der Waals surface area contributed by atoms with Gasteiger partial charge in [-0.3, -0.25) is 4.57 Å². The third-order valence-electron chi connectivity index (χ3n) is 4.12. The lowest BCUT2D eigenvalue weighted by atomic mass is 10.2. The highest BCUT2D eigenvalue weighted by atomic mass is 35.5. The van der Waals surface area contributed by atoms with Gasteiger partial charge in [0.15, 0.2) is 0 Å². The SMILES string of the molecule is O=c1nc(SCc2ccc(Cl)cc2Cl)c2c(n1CCCO)CCC2. The molecular weight excluding hydrogens is 367 g/mol. The van der Waals surface area contributed by atoms with E-state index in [0.29, 0.717) is 28.8 Å². The van der Waals surface area contributed by atoms with Crippen molar-refractivity contribution in [2.24, 2.45) is 0 Å². The van der Waals surface area contributed by atoms with Crippen molar-refractivity contribution >= 4 is 35.0 Å². The van der Waals surface area contributed by atoms with E-state index < -0.39 is 0 Å². The van der Waals surface area contributed by atoms with Crippen molar-refractivity contribution in [3.8, 4) is 0 Å². The third-order valence-corrected chi connectivity index (χ3v) is 5.77. The molecule has 1 N–H and O–H groups in total. The van der Waals surface area contributed by atoms with Gasteiger partial charge in [-0.15, -0.1) is 11.8 Å². The van der Waals surface area contributed by atoms with Gasteiger partial charge in [0.25, 0.3) is 0 Å². The fraction of sp³-hybridized carbons (Fsp3) is 0.412. The molecule has 0 bridgehead atoms. The van der Waals surface area contributed by atoms with Crippen LogP contribution in [0.1, 0.15) is 29.7 Å². The van der Waals surface area contributed by atoms with Gasteiger partial charge in [0, 0.05) is 40.2 Å². The number of rotatable bonds is 6. The van der Waals surface area contributed by atoms with Crippen LogP contribution in [0.4, 0.5) is 0 Å². The minimum Gasteiger partial charge on any atom is -0.396 e. The first kappa shape index (κ1) is 17.8. The van der Waals surface area contributed by atoms with Gasteiger partial charge in [-0.1, -0.05) is 29.3 Å². The van der Waals surface area contributed by atoms with Gasteiger partial charge in [-0.05, 0) is 43.4 Å². The van der Waals surface area contributed by atoms with Crippen LogP contribution < -0.4 is 5.69 Å². The van der Waals surface area contributed by atoms with E-state index in [1.54, 1.807) is 22.4 Å². The Balaban J connectivity index is 1.85. The monoisotopic (exact) mass is 384 g/mol. The summed E-state index contributed by atoms with van der Waals surface area (Å²) < 4.78 is 1.72. The lowest BCUT2D eigenvalue weighted by molar-refractivity contribution is 0.277. The van der Waals surface area contributed by atoms with Gasteiger partial charge in [-0.25, -0.2) is 4.79 Å². The zero-order chi connectivity index (χ0) is 17.1. The number of nitrogens with zero attached hydrogens (tertiary/aromatic N) is 2. The largest absolute Gasteiger partial charge is 0.396 e. The molecule has 1 aliphatic rings. The van der Waals surface area contributed by atoms with Crippen LogP contribution >= 0.6 is 35.0 Å². The summed E-state index contributed by atoms with van der Waals surface area (Å²) in [6.07, 6.45) is 3.45. The zero-order valence-electron chi connectivity index (χ0n) is 13.1. The van der Waals surface area contributed by atoms with E-state index in [1.165, 1.54) is 5.56 Å². The van der Waals surface area contributed by atoms with Crippen molar-refractivity contribution in [3.05, 3.63) is 55.5 Å². The second-order valence-corrected chi connectivity index (χ2v) is 7.54. The van der Waals surface area contributed by atoms with Crippen molar-refractivity contribution in [3.63, 3.8) is 0 Å². The number of aliphatic hydroxyl groups excluding tert-OH is 1. The Morgan fingerprint density at radius 3 is 2.88 bits per heavy atom. The molecule has 0 atom stereocenters. The second-order valence-electron chi connectivity index (χ2n) is 5.73. The van der Waals surface area contributed by atoms with Crippen molar-refractivity contribution in [2.75, 3.05) is 6.61 Å². The van der Waals surface area contributed by atoms with E-state index >= 15 is 0 Å². The topological polar surface area (TPSA) is 55.1 Å². The Kier molecular flexibility index (Phi) is 5.87. The van der Waals surface area contributed by atoms with E-state index in [2.05, 4.69) is 4.98 Å². The van der Waals surface area contributed by atoms with Gasteiger partial charge in [-0.2, -0.15) is 4.98 Å². The molecule has 0 saturated heterocycles. The Morgan fingerprint density at radius 2 is 2.12 bits per heavy atom. The summed E-state index contributed by atoms with van der Waals surface area (Å²) in [4.78, 5) is 16.6. The molecule has 0 aliphatic heterocycles. The van der Waals surface area contributed by atoms with Gasteiger partial charge in [0.05, 0.1) is 0 Å². The molecule has 1 aromatic heterocycles. The molecule has 1 heterocycles. The minimum absolute atomic E-state index is 0.0762. The summed E-state index contributed by atoms with van der Waals surface area (Å²) in [7, 11) is 0. The molecule has 0 fully saturated rings. The van der Waals surface area contributed by atoms with Crippen molar-refractivity contribution in [2.45, 2.75) is 43.0 Å². The molecule has 0 amide bonds. The van der Waals surface area contributed by atoms with Crippen molar-refractivity contribution in [1.82, 2.24) is 9.55 Å². The lowest BCUT2D eigenvalue weighted by Crippen LogP contribution is -2.27. The molecule has 0 saturated carbocycles. The van der Waals surface area contributed by atoms with Crippen LogP contribution in [0.5, 0.6) is 0 Å². The molecule has 128 valence electrons. The van der Waals surface area contributed by atoms with E-state index in [1.807, 2.05) is 12.1 Å². The minimum atomic E-state index is -0.228. The molecule has 4 nitrogen and oxygen atoms in total. The number of aromatic nitrogens is 2. The van der Waals surface area contributed by atoms with E-state index in [-0.39, 0.29) is 12.3 Å². The molecule has 3 rings (SSSR count). The van der Waals surface area contributed by atoms with E-state index in [4.69, 9.17) is 28.3 Å². The van der Waals surface area contributed by atoms with Gasteiger partial charge in [0.2, 0.25) is 0 Å². The summed E-state index contributed by atoms with van der Waals surface area (Å²) in [6.45, 7) is 0.603. The fourth-order valence-electron chi connectivity index (χ4n) is 2.95. The van der Waals surface area contributed by atoms with Crippen molar-refractivity contribution < 1.29 is 5.11 Å². The average Bonchev–Trinajstić information content (AvgIpc) is 3.03. The summed E-state index contributed by atoms with van der Waals surface area (Å²) in [5.41, 5.74) is 2.99. The number of aliphatic hydroxyl groups is 1. The van der Waals surface area contributed by atoms with Gasteiger partial charge in [0.1, 0.15) is 5.03 Å². The maximum absolute atomic E-state index is 12.3. The zero-order valence-corrected chi connectivity index (χ0v) is 15.4. The van der Waals surface area contributed by atoms with Crippen LogP contribution in [0, 0.1) is 0 Å². The Bertz CT molecular complexity index is 808.